The molecule has 25 heavy (non-hydrogen) atoms. The molecule has 4 atom stereocenters. The second kappa shape index (κ2) is 6.34. The van der Waals surface area contributed by atoms with Gasteiger partial charge in [-0.25, -0.2) is 4.79 Å². The quantitative estimate of drug-likeness (QED) is 0.530. The summed E-state index contributed by atoms with van der Waals surface area (Å²) in [4.78, 5) is 26.1. The summed E-state index contributed by atoms with van der Waals surface area (Å²) in [6, 6.07) is 3.37. The number of carbonyl (C=O) groups is 2. The van der Waals surface area contributed by atoms with Gasteiger partial charge in [-0.15, -0.1) is 11.8 Å². The van der Waals surface area contributed by atoms with E-state index < -0.39 is 18.0 Å². The van der Waals surface area contributed by atoms with Crippen LogP contribution < -0.4 is 5.49 Å². The van der Waals surface area contributed by atoms with Crippen molar-refractivity contribution in [2.45, 2.75) is 30.9 Å². The maximum absolute atomic E-state index is 12.3. The molecule has 0 spiro atoms. The number of aliphatic hydroxyl groups is 1. The third kappa shape index (κ3) is 2.69. The number of carboxylic acid groups (broad SMARTS) is 1. The minimum Gasteiger partial charge on any atom is -0.477 e. The molecule has 1 aromatic rings. The van der Waals surface area contributed by atoms with E-state index >= 15 is 0 Å². The molecular formula is C17H21N3O4S. The van der Waals surface area contributed by atoms with Gasteiger partial charge in [0.15, 0.2) is 0 Å². The van der Waals surface area contributed by atoms with Crippen LogP contribution in [0.1, 0.15) is 13.8 Å². The lowest BCUT2D eigenvalue weighted by Crippen LogP contribution is -2.63. The van der Waals surface area contributed by atoms with E-state index in [9.17, 15) is 19.8 Å². The van der Waals surface area contributed by atoms with Crippen LogP contribution in [-0.2, 0) is 16.6 Å². The van der Waals surface area contributed by atoms with Crippen molar-refractivity contribution in [1.29, 1.82) is 5.41 Å². The zero-order valence-corrected chi connectivity index (χ0v) is 15.1. The number of aliphatic hydroxyl groups excluding tert-OH is 1. The fraction of sp³-hybridized carbons (Fsp3) is 0.471. The Kier molecular flexibility index (Phi) is 4.51. The summed E-state index contributed by atoms with van der Waals surface area (Å²) in [5, 5.41) is 27.5. The fourth-order valence-electron chi connectivity index (χ4n) is 3.69. The molecule has 0 saturated carbocycles. The van der Waals surface area contributed by atoms with Crippen molar-refractivity contribution in [3.8, 4) is 0 Å². The fourth-order valence-corrected chi connectivity index (χ4v) is 4.86. The number of rotatable bonds is 5. The first kappa shape index (κ1) is 17.8. The molecule has 1 fully saturated rings. The number of thioether (sulfide) groups is 1. The average Bonchev–Trinajstić information content (AvgIpc) is 2.77. The molecule has 0 aromatic carbocycles. The van der Waals surface area contributed by atoms with Crippen LogP contribution in [-0.4, -0.2) is 49.5 Å². The summed E-state index contributed by atoms with van der Waals surface area (Å²) >= 11 is 1.40. The molecule has 0 radical (unpaired) electrons. The van der Waals surface area contributed by atoms with Crippen LogP contribution in [0.4, 0.5) is 0 Å². The third-order valence-electron chi connectivity index (χ3n) is 5.04. The van der Waals surface area contributed by atoms with Gasteiger partial charge in [-0.2, -0.15) is 0 Å². The molecule has 3 heterocycles. The summed E-state index contributed by atoms with van der Waals surface area (Å²) in [6.45, 7) is 3.47. The van der Waals surface area contributed by atoms with Crippen LogP contribution >= 0.6 is 11.8 Å². The van der Waals surface area contributed by atoms with Gasteiger partial charge in [0.05, 0.1) is 18.1 Å². The van der Waals surface area contributed by atoms with E-state index in [0.29, 0.717) is 16.8 Å². The first-order valence-corrected chi connectivity index (χ1v) is 9.04. The van der Waals surface area contributed by atoms with Crippen molar-refractivity contribution in [3.05, 3.63) is 35.1 Å². The Morgan fingerprint density at radius 1 is 1.48 bits per heavy atom. The second-order valence-electron chi connectivity index (χ2n) is 6.55. The first-order valence-electron chi connectivity index (χ1n) is 8.06. The zero-order valence-electron chi connectivity index (χ0n) is 14.3. The highest BCUT2D eigenvalue weighted by atomic mass is 32.2. The van der Waals surface area contributed by atoms with Gasteiger partial charge in [0.2, 0.25) is 5.91 Å². The van der Waals surface area contributed by atoms with Crippen molar-refractivity contribution in [3.63, 3.8) is 0 Å². The van der Waals surface area contributed by atoms with Crippen molar-refractivity contribution >= 4 is 23.6 Å². The van der Waals surface area contributed by atoms with Gasteiger partial charge in [-0.1, -0.05) is 6.92 Å². The summed E-state index contributed by atoms with van der Waals surface area (Å²) in [5.41, 5.74) is 1.08. The van der Waals surface area contributed by atoms with E-state index in [0.717, 1.165) is 4.90 Å². The van der Waals surface area contributed by atoms with Gasteiger partial charge in [0, 0.05) is 29.8 Å². The van der Waals surface area contributed by atoms with Crippen LogP contribution in [0, 0.1) is 17.2 Å². The predicted molar refractivity (Wildman–Crippen MR) is 91.6 cm³/mol. The van der Waals surface area contributed by atoms with Crippen molar-refractivity contribution in [2.75, 3.05) is 5.75 Å². The number of pyridine rings is 1. The minimum absolute atomic E-state index is 0.0405. The number of hydrogen-bond acceptors (Lipinski definition) is 5. The molecule has 2 aliphatic rings. The molecule has 2 aliphatic heterocycles. The maximum atomic E-state index is 12.3. The third-order valence-corrected chi connectivity index (χ3v) is 6.14. The lowest BCUT2D eigenvalue weighted by Gasteiger charge is -2.46. The number of fused-ring (bicyclic) bond motifs is 1. The van der Waals surface area contributed by atoms with Crippen LogP contribution in [0.5, 0.6) is 0 Å². The van der Waals surface area contributed by atoms with E-state index in [-0.39, 0.29) is 23.6 Å². The standard InChI is InChI=1S/C17H21N3O4S/c1-8-10(7-25-11-5-4-6-19(3)15(11)18)14(17(23)24)20-13(8)12(9(2)21)16(20)22/h4-6,8-9,12-13,18,21H,7H2,1-3H3,(H,23,24)/t8-,9+,12+,13+/m0/s1. The molecule has 0 bridgehead atoms. The topological polar surface area (TPSA) is 107 Å². The van der Waals surface area contributed by atoms with Gasteiger partial charge in [0.1, 0.15) is 11.2 Å². The Morgan fingerprint density at radius 3 is 2.76 bits per heavy atom. The lowest BCUT2D eigenvalue weighted by atomic mass is 9.78. The number of aromatic nitrogens is 1. The maximum Gasteiger partial charge on any atom is 0.352 e. The number of aryl methyl sites for hydroxylation is 1. The number of carboxylic acids is 1. The predicted octanol–water partition coefficient (Wildman–Crippen LogP) is 0.793. The van der Waals surface area contributed by atoms with Crippen molar-refractivity contribution in [2.24, 2.45) is 18.9 Å². The highest BCUT2D eigenvalue weighted by molar-refractivity contribution is 7.99. The Morgan fingerprint density at radius 2 is 2.16 bits per heavy atom. The number of nitrogens with one attached hydrogen (secondary N) is 1. The number of amides is 1. The zero-order chi connectivity index (χ0) is 18.5. The molecule has 1 amide bonds. The van der Waals surface area contributed by atoms with Crippen LogP contribution in [0.3, 0.4) is 0 Å². The largest absolute Gasteiger partial charge is 0.477 e. The Hall–Kier alpha value is -2.06. The SMILES string of the molecule is C[C@@H](O)[C@H]1C(=O)N2C(C(=O)O)=C(CSc3cccn(C)c3=N)[C@H](C)[C@H]12. The molecule has 3 N–H and O–H groups in total. The van der Waals surface area contributed by atoms with Gasteiger partial charge in [-0.05, 0) is 24.6 Å². The molecule has 3 rings (SSSR count). The van der Waals surface area contributed by atoms with Gasteiger partial charge < -0.3 is 19.7 Å². The molecule has 1 aromatic heterocycles. The van der Waals surface area contributed by atoms with E-state index in [2.05, 4.69) is 0 Å². The average molecular weight is 363 g/mol. The Bertz CT molecular complexity index is 829. The monoisotopic (exact) mass is 363 g/mol. The van der Waals surface area contributed by atoms with Crippen molar-refractivity contribution in [1.82, 2.24) is 9.47 Å². The lowest BCUT2D eigenvalue weighted by molar-refractivity contribution is -0.163. The highest BCUT2D eigenvalue weighted by Gasteiger charge is 2.59. The van der Waals surface area contributed by atoms with E-state index in [1.165, 1.54) is 16.7 Å². The second-order valence-corrected chi connectivity index (χ2v) is 7.57. The summed E-state index contributed by atoms with van der Waals surface area (Å²) in [5.74, 6) is -1.73. The van der Waals surface area contributed by atoms with Crippen LogP contribution in [0.15, 0.2) is 34.5 Å². The highest BCUT2D eigenvalue weighted by Crippen LogP contribution is 2.48. The van der Waals surface area contributed by atoms with E-state index in [1.807, 2.05) is 19.1 Å². The minimum atomic E-state index is -1.12. The Balaban J connectivity index is 1.89. The van der Waals surface area contributed by atoms with Crippen LogP contribution in [0.2, 0.25) is 0 Å². The van der Waals surface area contributed by atoms with E-state index in [4.69, 9.17) is 5.41 Å². The summed E-state index contributed by atoms with van der Waals surface area (Å²) in [6.07, 6.45) is 0.982. The van der Waals surface area contributed by atoms with Crippen LogP contribution in [0.25, 0.3) is 0 Å². The molecule has 0 aliphatic carbocycles. The summed E-state index contributed by atoms with van der Waals surface area (Å²) < 4.78 is 1.69. The van der Waals surface area contributed by atoms with E-state index in [1.54, 1.807) is 24.7 Å². The number of hydrogen-bond donors (Lipinski definition) is 3. The first-order chi connectivity index (χ1) is 11.8. The Labute approximate surface area is 149 Å². The van der Waals surface area contributed by atoms with Gasteiger partial charge in [-0.3, -0.25) is 10.2 Å². The summed E-state index contributed by atoms with van der Waals surface area (Å²) in [7, 11) is 1.78. The number of nitrogens with zero attached hydrogens (tertiary/aromatic N) is 2. The molecule has 8 heteroatoms. The molecule has 1 saturated heterocycles. The number of aliphatic carboxylic acids is 1. The van der Waals surface area contributed by atoms with Crippen molar-refractivity contribution < 1.29 is 19.8 Å². The normalized spacial score (nSPS) is 26.5. The molecular weight excluding hydrogens is 342 g/mol. The number of β-lactam (4-membered cyclic amide) rings is 1. The van der Waals surface area contributed by atoms with Gasteiger partial charge >= 0.3 is 5.97 Å². The number of carbonyl (C=O) groups excluding carboxylic acids is 1. The molecule has 7 nitrogen and oxygen atoms in total. The van der Waals surface area contributed by atoms with Gasteiger partial charge in [0.25, 0.3) is 0 Å². The molecule has 134 valence electrons. The molecule has 0 unspecified atom stereocenters. The smallest absolute Gasteiger partial charge is 0.352 e.